The highest BCUT2D eigenvalue weighted by atomic mass is 16.2. The van der Waals surface area contributed by atoms with Crippen LogP contribution >= 0.6 is 0 Å². The summed E-state index contributed by atoms with van der Waals surface area (Å²) in [5.74, 6) is 0.720. The van der Waals surface area contributed by atoms with Gasteiger partial charge in [-0.3, -0.25) is 9.78 Å². The topological polar surface area (TPSA) is 45.2 Å². The Morgan fingerprint density at radius 1 is 1.59 bits per heavy atom. The van der Waals surface area contributed by atoms with Gasteiger partial charge in [0.15, 0.2) is 0 Å². The smallest absolute Gasteiger partial charge is 0.222 e. The summed E-state index contributed by atoms with van der Waals surface area (Å²) in [6.45, 7) is 2.62. The Morgan fingerprint density at radius 3 is 3.12 bits per heavy atom. The molecular weight excluding hydrogens is 214 g/mol. The minimum Gasteiger partial charge on any atom is -0.340 e. The molecule has 1 N–H and O–H groups in total. The van der Waals surface area contributed by atoms with Crippen molar-refractivity contribution in [3.8, 4) is 0 Å². The fraction of sp³-hybridized carbons (Fsp3) is 0.538. The van der Waals surface area contributed by atoms with Crippen LogP contribution in [0.3, 0.4) is 0 Å². The molecule has 1 aromatic heterocycles. The van der Waals surface area contributed by atoms with Gasteiger partial charge in [0.1, 0.15) is 0 Å². The summed E-state index contributed by atoms with van der Waals surface area (Å²) in [7, 11) is 1.85. The highest BCUT2D eigenvalue weighted by molar-refractivity contribution is 5.76. The second-order valence-electron chi connectivity index (χ2n) is 4.63. The first-order chi connectivity index (χ1) is 8.25. The van der Waals surface area contributed by atoms with E-state index in [1.165, 1.54) is 0 Å². The molecule has 0 radical (unpaired) electrons. The van der Waals surface area contributed by atoms with Crippen molar-refractivity contribution in [2.45, 2.75) is 19.4 Å². The number of carbonyl (C=O) groups excluding carboxylic acids is 1. The van der Waals surface area contributed by atoms with Crippen LogP contribution in [0.5, 0.6) is 0 Å². The number of carbonyl (C=O) groups is 1. The molecule has 0 aromatic carbocycles. The van der Waals surface area contributed by atoms with E-state index in [1.807, 2.05) is 25.2 Å². The molecule has 1 aliphatic heterocycles. The molecule has 0 saturated carbocycles. The zero-order valence-electron chi connectivity index (χ0n) is 10.2. The van der Waals surface area contributed by atoms with Gasteiger partial charge in [-0.1, -0.05) is 6.07 Å². The first-order valence-electron chi connectivity index (χ1n) is 6.10. The van der Waals surface area contributed by atoms with Gasteiger partial charge >= 0.3 is 0 Å². The molecule has 1 aromatic rings. The summed E-state index contributed by atoms with van der Waals surface area (Å²) in [5, 5.41) is 3.28. The van der Waals surface area contributed by atoms with Crippen molar-refractivity contribution < 1.29 is 4.79 Å². The minimum atomic E-state index is 0.212. The lowest BCUT2D eigenvalue weighted by Gasteiger charge is -2.18. The second kappa shape index (κ2) is 5.77. The number of amides is 1. The van der Waals surface area contributed by atoms with Crippen molar-refractivity contribution in [1.29, 1.82) is 0 Å². The molecule has 0 spiro atoms. The lowest BCUT2D eigenvalue weighted by molar-refractivity contribution is -0.131. The average molecular weight is 233 g/mol. The van der Waals surface area contributed by atoms with Crippen LogP contribution in [0.2, 0.25) is 0 Å². The van der Waals surface area contributed by atoms with E-state index >= 15 is 0 Å². The molecule has 92 valence electrons. The molecule has 1 saturated heterocycles. The van der Waals surface area contributed by atoms with E-state index in [0.717, 1.165) is 25.2 Å². The van der Waals surface area contributed by atoms with Gasteiger partial charge in [-0.2, -0.15) is 0 Å². The van der Waals surface area contributed by atoms with Crippen LogP contribution in [0.25, 0.3) is 0 Å². The maximum absolute atomic E-state index is 12.0. The van der Waals surface area contributed by atoms with E-state index in [2.05, 4.69) is 10.3 Å². The summed E-state index contributed by atoms with van der Waals surface area (Å²) in [5.41, 5.74) is 0.938. The fourth-order valence-electron chi connectivity index (χ4n) is 2.11. The summed E-state index contributed by atoms with van der Waals surface area (Å²) in [6.07, 6.45) is 3.52. The Hall–Kier alpha value is -1.42. The van der Waals surface area contributed by atoms with E-state index in [-0.39, 0.29) is 5.91 Å². The lowest BCUT2D eigenvalue weighted by Crippen LogP contribution is -2.28. The predicted molar refractivity (Wildman–Crippen MR) is 66.3 cm³/mol. The molecule has 1 atom stereocenters. The molecule has 2 heterocycles. The van der Waals surface area contributed by atoms with Gasteiger partial charge in [0.2, 0.25) is 5.91 Å². The molecule has 1 aliphatic rings. The number of nitrogens with one attached hydrogen (secondary N) is 1. The zero-order valence-corrected chi connectivity index (χ0v) is 10.2. The van der Waals surface area contributed by atoms with E-state index in [4.69, 9.17) is 0 Å². The van der Waals surface area contributed by atoms with E-state index in [0.29, 0.717) is 18.9 Å². The van der Waals surface area contributed by atoms with Gasteiger partial charge in [-0.15, -0.1) is 0 Å². The quantitative estimate of drug-likeness (QED) is 0.845. The molecule has 4 nitrogen and oxygen atoms in total. The van der Waals surface area contributed by atoms with Crippen LogP contribution in [0.1, 0.15) is 18.5 Å². The molecular formula is C13H19N3O. The summed E-state index contributed by atoms with van der Waals surface area (Å²) >= 11 is 0. The number of hydrogen-bond donors (Lipinski definition) is 1. The van der Waals surface area contributed by atoms with E-state index in [1.54, 1.807) is 11.1 Å². The Labute approximate surface area is 102 Å². The molecule has 2 rings (SSSR count). The molecule has 4 heteroatoms. The molecule has 1 fully saturated rings. The zero-order chi connectivity index (χ0) is 12.1. The minimum absolute atomic E-state index is 0.212. The van der Waals surface area contributed by atoms with Crippen molar-refractivity contribution in [3.05, 3.63) is 30.1 Å². The Bertz CT molecular complexity index is 360. The Kier molecular flexibility index (Phi) is 4.09. The van der Waals surface area contributed by atoms with Crippen LogP contribution < -0.4 is 5.32 Å². The third kappa shape index (κ3) is 3.53. The van der Waals surface area contributed by atoms with Crippen molar-refractivity contribution in [1.82, 2.24) is 15.2 Å². The average Bonchev–Trinajstić information content (AvgIpc) is 2.83. The first-order valence-corrected chi connectivity index (χ1v) is 6.10. The molecule has 17 heavy (non-hydrogen) atoms. The summed E-state index contributed by atoms with van der Waals surface area (Å²) in [4.78, 5) is 18.0. The van der Waals surface area contributed by atoms with Crippen LogP contribution in [0.15, 0.2) is 24.4 Å². The summed E-state index contributed by atoms with van der Waals surface area (Å²) < 4.78 is 0. The lowest BCUT2D eigenvalue weighted by atomic mass is 10.0. The highest BCUT2D eigenvalue weighted by Gasteiger charge is 2.20. The Balaban J connectivity index is 1.82. The molecule has 0 aliphatic carbocycles. The second-order valence-corrected chi connectivity index (χ2v) is 4.63. The van der Waals surface area contributed by atoms with Crippen LogP contribution in [-0.2, 0) is 11.3 Å². The van der Waals surface area contributed by atoms with Gasteiger partial charge in [0, 0.05) is 19.7 Å². The highest BCUT2D eigenvalue weighted by Crippen LogP contribution is 2.14. The predicted octanol–water partition coefficient (Wildman–Crippen LogP) is 1.04. The number of aromatic nitrogens is 1. The van der Waals surface area contributed by atoms with Crippen molar-refractivity contribution in [2.75, 3.05) is 20.1 Å². The monoisotopic (exact) mass is 233 g/mol. The van der Waals surface area contributed by atoms with Gasteiger partial charge in [-0.05, 0) is 37.6 Å². The molecule has 0 bridgehead atoms. The fourth-order valence-corrected chi connectivity index (χ4v) is 2.11. The van der Waals surface area contributed by atoms with Crippen molar-refractivity contribution >= 4 is 5.91 Å². The number of rotatable bonds is 4. The molecule has 1 unspecified atom stereocenters. The largest absolute Gasteiger partial charge is 0.340 e. The van der Waals surface area contributed by atoms with E-state index in [9.17, 15) is 4.79 Å². The van der Waals surface area contributed by atoms with Crippen molar-refractivity contribution in [2.24, 2.45) is 5.92 Å². The van der Waals surface area contributed by atoms with Gasteiger partial charge in [0.05, 0.1) is 12.2 Å². The van der Waals surface area contributed by atoms with Gasteiger partial charge in [0.25, 0.3) is 0 Å². The Morgan fingerprint density at radius 2 is 2.47 bits per heavy atom. The third-order valence-electron chi connectivity index (χ3n) is 3.18. The number of hydrogen-bond acceptors (Lipinski definition) is 3. The van der Waals surface area contributed by atoms with Crippen molar-refractivity contribution in [3.63, 3.8) is 0 Å². The van der Waals surface area contributed by atoms with Crippen LogP contribution in [0.4, 0.5) is 0 Å². The number of pyridine rings is 1. The first kappa shape index (κ1) is 12.0. The maximum atomic E-state index is 12.0. The standard InChI is InChI=1S/C13H19N3O/c1-16(10-12-4-2-3-6-15-12)13(17)8-11-5-7-14-9-11/h2-4,6,11,14H,5,7-10H2,1H3. The third-order valence-corrected chi connectivity index (χ3v) is 3.18. The van der Waals surface area contributed by atoms with Gasteiger partial charge in [-0.25, -0.2) is 0 Å². The number of nitrogens with zero attached hydrogens (tertiary/aromatic N) is 2. The van der Waals surface area contributed by atoms with Crippen LogP contribution in [0, 0.1) is 5.92 Å². The SMILES string of the molecule is CN(Cc1ccccn1)C(=O)CC1CCNC1. The maximum Gasteiger partial charge on any atom is 0.222 e. The van der Waals surface area contributed by atoms with Crippen LogP contribution in [-0.4, -0.2) is 35.9 Å². The van der Waals surface area contributed by atoms with E-state index < -0.39 is 0 Å². The normalized spacial score (nSPS) is 19.2. The van der Waals surface area contributed by atoms with Gasteiger partial charge < -0.3 is 10.2 Å². The summed E-state index contributed by atoms with van der Waals surface area (Å²) in [6, 6.07) is 5.78. The molecule has 1 amide bonds.